The number of ether oxygens (including phenoxy) is 1. The molecule has 1 saturated heterocycles. The highest BCUT2D eigenvalue weighted by Gasteiger charge is 2.28. The third-order valence-corrected chi connectivity index (χ3v) is 4.86. The number of nitrogens with one attached hydrogen (secondary N) is 3. The Morgan fingerprint density at radius 2 is 1.87 bits per heavy atom. The van der Waals surface area contributed by atoms with Crippen molar-refractivity contribution in [3.8, 4) is 0 Å². The number of carbonyl (C=O) groups is 1. The van der Waals surface area contributed by atoms with Gasteiger partial charge in [0, 0.05) is 18.6 Å². The van der Waals surface area contributed by atoms with E-state index < -0.39 is 5.60 Å². The molecule has 0 aromatic carbocycles. The van der Waals surface area contributed by atoms with E-state index in [0.717, 1.165) is 13.1 Å². The summed E-state index contributed by atoms with van der Waals surface area (Å²) in [6.07, 6.45) is 8.53. The van der Waals surface area contributed by atoms with Crippen LogP contribution in [0.2, 0.25) is 0 Å². The van der Waals surface area contributed by atoms with E-state index in [1.165, 1.54) is 44.9 Å². The monoisotopic (exact) mass is 325 g/mol. The van der Waals surface area contributed by atoms with Crippen molar-refractivity contribution in [3.05, 3.63) is 0 Å². The third kappa shape index (κ3) is 7.08. The summed E-state index contributed by atoms with van der Waals surface area (Å²) < 4.78 is 5.37. The molecule has 5 heteroatoms. The lowest BCUT2D eigenvalue weighted by molar-refractivity contribution is 0.0516. The molecule has 0 aromatic rings. The van der Waals surface area contributed by atoms with Crippen molar-refractivity contribution in [2.75, 3.05) is 19.6 Å². The molecule has 2 aliphatic rings. The van der Waals surface area contributed by atoms with Gasteiger partial charge in [0.2, 0.25) is 0 Å². The second-order valence-electron chi connectivity index (χ2n) is 8.08. The Morgan fingerprint density at radius 3 is 2.57 bits per heavy atom. The fraction of sp³-hybridized carbons (Fsp3) is 0.944. The largest absolute Gasteiger partial charge is 0.444 e. The zero-order valence-corrected chi connectivity index (χ0v) is 15.1. The molecule has 23 heavy (non-hydrogen) atoms. The molecule has 3 N–H and O–H groups in total. The summed E-state index contributed by atoms with van der Waals surface area (Å²) in [6.45, 7) is 8.59. The quantitative estimate of drug-likeness (QED) is 0.727. The molecule has 134 valence electrons. The predicted molar refractivity (Wildman–Crippen MR) is 93.6 cm³/mol. The Morgan fingerprint density at radius 1 is 1.13 bits per heavy atom. The smallest absolute Gasteiger partial charge is 0.407 e. The standard InChI is InChI=1S/C18H35N3O2/c1-18(2,3)23-17(22)20-13-16(14-7-4-5-8-14)21-15-9-6-11-19-12-10-15/h14-16,19,21H,4-13H2,1-3H3,(H,20,22). The molecule has 0 bridgehead atoms. The number of hydrogen-bond acceptors (Lipinski definition) is 4. The average molecular weight is 325 g/mol. The Bertz CT molecular complexity index is 354. The molecule has 2 atom stereocenters. The minimum Gasteiger partial charge on any atom is -0.444 e. The molecule has 0 spiro atoms. The van der Waals surface area contributed by atoms with Crippen LogP contribution in [0.1, 0.15) is 65.7 Å². The second kappa shape index (κ2) is 8.88. The maximum absolute atomic E-state index is 12.0. The number of alkyl carbamates (subject to hydrolysis) is 1. The summed E-state index contributed by atoms with van der Waals surface area (Å²) in [6, 6.07) is 0.934. The van der Waals surface area contributed by atoms with Gasteiger partial charge >= 0.3 is 6.09 Å². The predicted octanol–water partition coefficient (Wildman–Crippen LogP) is 2.80. The molecule has 2 unspecified atom stereocenters. The van der Waals surface area contributed by atoms with Crippen LogP contribution in [0, 0.1) is 5.92 Å². The van der Waals surface area contributed by atoms with Crippen LogP contribution in [-0.4, -0.2) is 43.4 Å². The van der Waals surface area contributed by atoms with Gasteiger partial charge in [-0.3, -0.25) is 0 Å². The van der Waals surface area contributed by atoms with Crippen molar-refractivity contribution in [1.82, 2.24) is 16.0 Å². The SMILES string of the molecule is CC(C)(C)OC(=O)NCC(NC1CCCNCC1)C1CCCC1. The van der Waals surface area contributed by atoms with E-state index in [1.807, 2.05) is 20.8 Å². The van der Waals surface area contributed by atoms with Crippen molar-refractivity contribution in [3.63, 3.8) is 0 Å². The zero-order chi connectivity index (χ0) is 16.7. The lowest BCUT2D eigenvalue weighted by atomic mass is 9.96. The van der Waals surface area contributed by atoms with Gasteiger partial charge in [0.1, 0.15) is 5.60 Å². The summed E-state index contributed by atoms with van der Waals surface area (Å²) in [5.74, 6) is 0.682. The second-order valence-corrected chi connectivity index (χ2v) is 8.08. The minimum atomic E-state index is -0.437. The van der Waals surface area contributed by atoms with E-state index in [2.05, 4.69) is 16.0 Å². The molecule has 0 radical (unpaired) electrons. The first-order valence-electron chi connectivity index (χ1n) is 9.37. The van der Waals surface area contributed by atoms with E-state index >= 15 is 0 Å². The van der Waals surface area contributed by atoms with Crippen LogP contribution in [0.3, 0.4) is 0 Å². The number of rotatable bonds is 5. The van der Waals surface area contributed by atoms with E-state index in [0.29, 0.717) is 24.5 Å². The molecule has 5 nitrogen and oxygen atoms in total. The number of amides is 1. The van der Waals surface area contributed by atoms with Gasteiger partial charge < -0.3 is 20.7 Å². The van der Waals surface area contributed by atoms with Gasteiger partial charge in [0.15, 0.2) is 0 Å². The summed E-state index contributed by atoms with van der Waals surface area (Å²) in [5, 5.41) is 10.3. The molecular weight excluding hydrogens is 290 g/mol. The lowest BCUT2D eigenvalue weighted by Crippen LogP contribution is -2.49. The van der Waals surface area contributed by atoms with Crippen LogP contribution in [0.5, 0.6) is 0 Å². The van der Waals surface area contributed by atoms with E-state index in [4.69, 9.17) is 4.74 Å². The van der Waals surface area contributed by atoms with Crippen LogP contribution in [0.25, 0.3) is 0 Å². The van der Waals surface area contributed by atoms with Crippen LogP contribution in [0.15, 0.2) is 0 Å². The first kappa shape index (κ1) is 18.5. The van der Waals surface area contributed by atoms with Crippen LogP contribution in [0.4, 0.5) is 4.79 Å². The fourth-order valence-electron chi connectivity index (χ4n) is 3.72. The highest BCUT2D eigenvalue weighted by atomic mass is 16.6. The molecular formula is C18H35N3O2. The maximum Gasteiger partial charge on any atom is 0.407 e. The van der Waals surface area contributed by atoms with Crippen LogP contribution >= 0.6 is 0 Å². The molecule has 1 aliphatic carbocycles. The van der Waals surface area contributed by atoms with Crippen molar-refractivity contribution in [2.24, 2.45) is 5.92 Å². The van der Waals surface area contributed by atoms with Crippen LogP contribution < -0.4 is 16.0 Å². The van der Waals surface area contributed by atoms with Crippen molar-refractivity contribution in [2.45, 2.75) is 83.4 Å². The van der Waals surface area contributed by atoms with Gasteiger partial charge in [-0.1, -0.05) is 12.8 Å². The summed E-state index contributed by atoms with van der Waals surface area (Å²) in [7, 11) is 0. The molecule has 1 amide bonds. The van der Waals surface area contributed by atoms with Gasteiger partial charge in [-0.2, -0.15) is 0 Å². The lowest BCUT2D eigenvalue weighted by Gasteiger charge is -2.30. The highest BCUT2D eigenvalue weighted by molar-refractivity contribution is 5.67. The normalized spacial score (nSPS) is 24.9. The van der Waals surface area contributed by atoms with Crippen LogP contribution in [-0.2, 0) is 4.74 Å². The molecule has 0 aromatic heterocycles. The number of carbonyl (C=O) groups excluding carboxylic acids is 1. The Kier molecular flexibility index (Phi) is 7.15. The Labute approximate surface area is 141 Å². The van der Waals surface area contributed by atoms with Gasteiger partial charge in [-0.25, -0.2) is 4.79 Å². The first-order valence-corrected chi connectivity index (χ1v) is 9.37. The summed E-state index contributed by atoms with van der Waals surface area (Å²) in [4.78, 5) is 12.0. The van der Waals surface area contributed by atoms with Gasteiger partial charge in [0.25, 0.3) is 0 Å². The first-order chi connectivity index (χ1) is 10.9. The van der Waals surface area contributed by atoms with Crippen molar-refractivity contribution < 1.29 is 9.53 Å². The Balaban J connectivity index is 1.85. The van der Waals surface area contributed by atoms with E-state index in [-0.39, 0.29) is 6.09 Å². The van der Waals surface area contributed by atoms with Gasteiger partial charge in [-0.15, -0.1) is 0 Å². The average Bonchev–Trinajstić information content (AvgIpc) is 2.86. The molecule has 2 rings (SSSR count). The number of hydrogen-bond donors (Lipinski definition) is 3. The van der Waals surface area contributed by atoms with Crippen molar-refractivity contribution in [1.29, 1.82) is 0 Å². The minimum absolute atomic E-state index is 0.301. The third-order valence-electron chi connectivity index (χ3n) is 4.86. The summed E-state index contributed by atoms with van der Waals surface area (Å²) in [5.41, 5.74) is -0.437. The molecule has 1 saturated carbocycles. The topological polar surface area (TPSA) is 62.4 Å². The Hall–Kier alpha value is -0.810. The van der Waals surface area contributed by atoms with Crippen molar-refractivity contribution >= 4 is 6.09 Å². The fourth-order valence-corrected chi connectivity index (χ4v) is 3.72. The highest BCUT2D eigenvalue weighted by Crippen LogP contribution is 2.28. The maximum atomic E-state index is 12.0. The van der Waals surface area contributed by atoms with Gasteiger partial charge in [0.05, 0.1) is 0 Å². The van der Waals surface area contributed by atoms with Gasteiger partial charge in [-0.05, 0) is 71.9 Å². The zero-order valence-electron chi connectivity index (χ0n) is 15.1. The molecule has 2 fully saturated rings. The molecule has 1 heterocycles. The van der Waals surface area contributed by atoms with E-state index in [1.54, 1.807) is 0 Å². The van der Waals surface area contributed by atoms with E-state index in [9.17, 15) is 4.79 Å². The molecule has 1 aliphatic heterocycles. The summed E-state index contributed by atoms with van der Waals surface area (Å²) >= 11 is 0.